The molecule has 0 aromatic heterocycles. The van der Waals surface area contributed by atoms with E-state index < -0.39 is 10.0 Å². The average molecular weight is 325 g/mol. The quantitative estimate of drug-likeness (QED) is 0.831. The number of rotatable bonds is 5. The van der Waals surface area contributed by atoms with Crippen LogP contribution in [0.3, 0.4) is 0 Å². The van der Waals surface area contributed by atoms with Gasteiger partial charge in [0, 0.05) is 17.3 Å². The van der Waals surface area contributed by atoms with Gasteiger partial charge in [-0.3, -0.25) is 0 Å². The summed E-state index contributed by atoms with van der Waals surface area (Å²) in [6.45, 7) is 2.06. The second kappa shape index (κ2) is 6.47. The van der Waals surface area contributed by atoms with Crippen LogP contribution in [0.25, 0.3) is 0 Å². The van der Waals surface area contributed by atoms with Crippen molar-refractivity contribution in [3.63, 3.8) is 0 Å². The number of nitrogen functional groups attached to an aromatic ring is 1. The second-order valence-electron chi connectivity index (χ2n) is 4.75. The van der Waals surface area contributed by atoms with Gasteiger partial charge in [0.15, 0.2) is 0 Å². The molecule has 4 nitrogen and oxygen atoms in total. The van der Waals surface area contributed by atoms with Crippen LogP contribution in [-0.2, 0) is 16.4 Å². The van der Waals surface area contributed by atoms with Gasteiger partial charge in [0.2, 0.25) is 10.0 Å². The maximum Gasteiger partial charge on any atom is 0.240 e. The van der Waals surface area contributed by atoms with Crippen molar-refractivity contribution in [3.8, 4) is 0 Å². The van der Waals surface area contributed by atoms with Crippen LogP contribution in [0.5, 0.6) is 0 Å². The molecule has 0 radical (unpaired) electrons. The van der Waals surface area contributed by atoms with E-state index in [1.807, 2.05) is 30.3 Å². The minimum Gasteiger partial charge on any atom is -0.398 e. The van der Waals surface area contributed by atoms with E-state index in [-0.39, 0.29) is 4.90 Å². The van der Waals surface area contributed by atoms with Gasteiger partial charge in [0.05, 0.1) is 4.90 Å². The normalized spacial score (nSPS) is 11.5. The van der Waals surface area contributed by atoms with E-state index in [1.165, 1.54) is 12.1 Å². The van der Waals surface area contributed by atoms with Gasteiger partial charge in [-0.15, -0.1) is 0 Å². The van der Waals surface area contributed by atoms with Crippen LogP contribution in [-0.4, -0.2) is 15.0 Å². The maximum absolute atomic E-state index is 12.2. The average Bonchev–Trinajstić information content (AvgIpc) is 2.45. The molecule has 0 fully saturated rings. The summed E-state index contributed by atoms with van der Waals surface area (Å²) < 4.78 is 27.0. The molecule has 112 valence electrons. The molecule has 0 saturated carbocycles. The Kier molecular flexibility index (Phi) is 4.88. The third-order valence-corrected chi connectivity index (χ3v) is 5.05. The summed E-state index contributed by atoms with van der Waals surface area (Å²) in [4.78, 5) is 0.0867. The van der Waals surface area contributed by atoms with Crippen molar-refractivity contribution in [2.45, 2.75) is 18.2 Å². The van der Waals surface area contributed by atoms with Crippen LogP contribution in [0.2, 0.25) is 5.02 Å². The second-order valence-corrected chi connectivity index (χ2v) is 6.93. The molecule has 0 aliphatic rings. The number of halogens is 1. The highest BCUT2D eigenvalue weighted by atomic mass is 35.5. The van der Waals surface area contributed by atoms with Gasteiger partial charge in [-0.1, -0.05) is 41.9 Å². The highest BCUT2D eigenvalue weighted by Gasteiger charge is 2.16. The van der Waals surface area contributed by atoms with Crippen LogP contribution in [0.4, 0.5) is 5.69 Å². The first kappa shape index (κ1) is 15.8. The number of benzene rings is 2. The Balaban J connectivity index is 2.09. The Hall–Kier alpha value is -1.56. The van der Waals surface area contributed by atoms with Gasteiger partial charge in [0.1, 0.15) is 0 Å². The van der Waals surface area contributed by atoms with E-state index in [9.17, 15) is 8.42 Å². The highest BCUT2D eigenvalue weighted by Crippen LogP contribution is 2.25. The van der Waals surface area contributed by atoms with E-state index in [4.69, 9.17) is 17.3 Å². The van der Waals surface area contributed by atoms with Gasteiger partial charge in [-0.2, -0.15) is 0 Å². The van der Waals surface area contributed by atoms with Crippen molar-refractivity contribution in [2.75, 3.05) is 12.3 Å². The van der Waals surface area contributed by atoms with Crippen LogP contribution >= 0.6 is 11.6 Å². The lowest BCUT2D eigenvalue weighted by molar-refractivity contribution is 0.581. The first-order chi connectivity index (χ1) is 9.90. The summed E-state index contributed by atoms with van der Waals surface area (Å²) in [6.07, 6.45) is 0.620. The van der Waals surface area contributed by atoms with Gasteiger partial charge >= 0.3 is 0 Å². The number of nitrogens with one attached hydrogen (secondary N) is 1. The number of hydrogen-bond acceptors (Lipinski definition) is 3. The van der Waals surface area contributed by atoms with Crippen molar-refractivity contribution in [2.24, 2.45) is 0 Å². The van der Waals surface area contributed by atoms with E-state index in [2.05, 4.69) is 4.72 Å². The van der Waals surface area contributed by atoms with E-state index in [1.54, 1.807) is 6.92 Å². The zero-order valence-electron chi connectivity index (χ0n) is 11.6. The summed E-state index contributed by atoms with van der Waals surface area (Å²) in [5.74, 6) is 0. The van der Waals surface area contributed by atoms with Crippen LogP contribution in [0.1, 0.15) is 11.1 Å². The largest absolute Gasteiger partial charge is 0.398 e. The van der Waals surface area contributed by atoms with Gasteiger partial charge in [-0.25, -0.2) is 13.1 Å². The van der Waals surface area contributed by atoms with Gasteiger partial charge < -0.3 is 5.73 Å². The molecule has 2 aromatic carbocycles. The number of sulfonamides is 1. The Morgan fingerprint density at radius 3 is 2.48 bits per heavy atom. The van der Waals surface area contributed by atoms with Gasteiger partial charge in [-0.05, 0) is 36.6 Å². The molecule has 0 atom stereocenters. The van der Waals surface area contributed by atoms with E-state index in [0.29, 0.717) is 29.2 Å². The smallest absolute Gasteiger partial charge is 0.240 e. The lowest BCUT2D eigenvalue weighted by atomic mass is 10.2. The summed E-state index contributed by atoms with van der Waals surface area (Å²) in [6, 6.07) is 12.5. The summed E-state index contributed by atoms with van der Waals surface area (Å²) in [5, 5.41) is 0.346. The summed E-state index contributed by atoms with van der Waals surface area (Å²) >= 11 is 5.98. The molecule has 0 bridgehead atoms. The zero-order valence-corrected chi connectivity index (χ0v) is 13.2. The van der Waals surface area contributed by atoms with Crippen molar-refractivity contribution < 1.29 is 8.42 Å². The molecule has 3 N–H and O–H groups in total. The standard InChI is InChI=1S/C15H17ClN2O2S/c1-11-14(16)9-13(10-15(11)17)21(19,20)18-8-7-12-5-3-2-4-6-12/h2-6,9-10,18H,7-8,17H2,1H3. The molecule has 0 aliphatic heterocycles. The van der Waals surface area contributed by atoms with Crippen LogP contribution in [0.15, 0.2) is 47.4 Å². The van der Waals surface area contributed by atoms with Crippen LogP contribution in [0, 0.1) is 6.92 Å². The molecule has 0 spiro atoms. The number of nitrogens with two attached hydrogens (primary N) is 1. The number of hydrogen-bond donors (Lipinski definition) is 2. The molecule has 2 rings (SSSR count). The topological polar surface area (TPSA) is 72.2 Å². The minimum absolute atomic E-state index is 0.0867. The fourth-order valence-corrected chi connectivity index (χ4v) is 3.27. The van der Waals surface area contributed by atoms with Crippen molar-refractivity contribution in [1.29, 1.82) is 0 Å². The predicted octanol–water partition coefficient (Wildman–Crippen LogP) is 2.75. The van der Waals surface area contributed by atoms with Crippen molar-refractivity contribution in [3.05, 3.63) is 58.6 Å². The fraction of sp³-hybridized carbons (Fsp3) is 0.200. The maximum atomic E-state index is 12.2. The SMILES string of the molecule is Cc1c(N)cc(S(=O)(=O)NCCc2ccccc2)cc1Cl. The zero-order chi connectivity index (χ0) is 15.5. The summed E-state index contributed by atoms with van der Waals surface area (Å²) in [5.41, 5.74) is 7.88. The predicted molar refractivity (Wildman–Crippen MR) is 85.9 cm³/mol. The molecule has 6 heteroatoms. The Morgan fingerprint density at radius 2 is 1.86 bits per heavy atom. The summed E-state index contributed by atoms with van der Waals surface area (Å²) in [7, 11) is -3.61. The molecule has 2 aromatic rings. The number of anilines is 1. The van der Waals surface area contributed by atoms with Crippen molar-refractivity contribution >= 4 is 27.3 Å². The first-order valence-electron chi connectivity index (χ1n) is 6.49. The molecule has 0 amide bonds. The molecular formula is C15H17ClN2O2S. The lowest BCUT2D eigenvalue weighted by Crippen LogP contribution is -2.26. The fourth-order valence-electron chi connectivity index (χ4n) is 1.89. The van der Waals surface area contributed by atoms with Crippen LogP contribution < -0.4 is 10.5 Å². The monoisotopic (exact) mass is 324 g/mol. The molecule has 0 unspecified atom stereocenters. The van der Waals surface area contributed by atoms with Gasteiger partial charge in [0.25, 0.3) is 0 Å². The highest BCUT2D eigenvalue weighted by molar-refractivity contribution is 7.89. The lowest BCUT2D eigenvalue weighted by Gasteiger charge is -2.10. The third kappa shape index (κ3) is 3.97. The molecule has 21 heavy (non-hydrogen) atoms. The molecular weight excluding hydrogens is 308 g/mol. The third-order valence-electron chi connectivity index (χ3n) is 3.22. The Labute approximate surface area is 130 Å². The molecule has 0 heterocycles. The Bertz CT molecular complexity index is 708. The molecule has 0 saturated heterocycles. The van der Waals surface area contributed by atoms with E-state index in [0.717, 1.165) is 5.56 Å². The van der Waals surface area contributed by atoms with Crippen molar-refractivity contribution in [1.82, 2.24) is 4.72 Å². The molecule has 0 aliphatic carbocycles. The Morgan fingerprint density at radius 1 is 1.19 bits per heavy atom. The first-order valence-corrected chi connectivity index (χ1v) is 8.35. The van der Waals surface area contributed by atoms with E-state index >= 15 is 0 Å². The minimum atomic E-state index is -3.61.